The number of ether oxygens (including phenoxy) is 4. The minimum Gasteiger partial charge on any atom is -0.495 e. The maximum atomic E-state index is 13.1. The summed E-state index contributed by atoms with van der Waals surface area (Å²) in [5.41, 5.74) is 11.5. The van der Waals surface area contributed by atoms with E-state index in [4.69, 9.17) is 24.7 Å². The first-order chi connectivity index (χ1) is 58.6. The Morgan fingerprint density at radius 1 is 0.377 bits per heavy atom. The van der Waals surface area contributed by atoms with Gasteiger partial charge in [-0.05, 0) is 202 Å². The number of nitrogens with two attached hydrogens (primary N) is 1. The van der Waals surface area contributed by atoms with Gasteiger partial charge in [0.25, 0.3) is 23.6 Å². The molecule has 11 N–H and O–H groups in total. The highest BCUT2D eigenvalue weighted by atomic mass is 19.1. The van der Waals surface area contributed by atoms with Crippen molar-refractivity contribution < 1.29 is 74.9 Å². The van der Waals surface area contributed by atoms with E-state index in [0.29, 0.717) is 164 Å². The molecule has 4 aromatic heterocycles. The molecule has 4 fully saturated rings. The number of nitrogens with zero attached hydrogens (tertiary/aromatic N) is 6. The number of carbonyl (C=O) groups is 8. The topological polar surface area (TPSA) is 381 Å². The highest BCUT2D eigenvalue weighted by Crippen LogP contribution is 2.43. The average molecular weight is 1660 g/mol. The lowest BCUT2D eigenvalue weighted by Crippen LogP contribution is -2.49. The molecule has 4 aliphatic carbocycles. The van der Waals surface area contributed by atoms with Gasteiger partial charge in [0.2, 0.25) is 23.6 Å². The molecule has 12 aromatic rings. The minimum atomic E-state index is -0.973. The molecule has 8 aromatic carbocycles. The highest BCUT2D eigenvalue weighted by molar-refractivity contribution is 6.12. The zero-order chi connectivity index (χ0) is 87.0. The summed E-state index contributed by atoms with van der Waals surface area (Å²) in [5, 5.41) is 45.4. The maximum Gasteiger partial charge on any atom is 0.255 e. The number of rotatable bonds is 25. The van der Waals surface area contributed by atoms with E-state index in [9.17, 15) is 55.9 Å². The summed E-state index contributed by atoms with van der Waals surface area (Å²) >= 11 is 0. The summed E-state index contributed by atoms with van der Waals surface area (Å²) in [6, 6.07) is 37.7. The molecule has 0 aliphatic heterocycles. The molecule has 0 atom stereocenters. The van der Waals surface area contributed by atoms with Crippen LogP contribution in [0.15, 0.2) is 146 Å². The molecule has 0 radical (unpaired) electrons. The third-order valence-corrected chi connectivity index (χ3v) is 21.4. The van der Waals surface area contributed by atoms with E-state index < -0.39 is 34.0 Å². The van der Waals surface area contributed by atoms with Gasteiger partial charge in [-0.25, -0.2) is 17.6 Å². The normalized spacial score (nSPS) is 14.6. The number of benzene rings is 8. The number of aromatic amines is 4. The minimum absolute atomic E-state index is 0.0837. The predicted octanol–water partition coefficient (Wildman–Crippen LogP) is 12.4. The van der Waals surface area contributed by atoms with Crippen LogP contribution in [0.5, 0.6) is 23.0 Å². The number of likely N-dealkylation sites (N-methyl/N-ethyl adjacent to an activating group) is 3. The fourth-order valence-electron chi connectivity index (χ4n) is 13.9. The number of aromatic nitrogens is 8. The number of hydrogen-bond donors (Lipinski definition) is 10. The third kappa shape index (κ3) is 18.4. The fourth-order valence-corrected chi connectivity index (χ4v) is 13.9. The van der Waals surface area contributed by atoms with Gasteiger partial charge in [0, 0.05) is 34.7 Å². The van der Waals surface area contributed by atoms with Crippen molar-refractivity contribution in [2.24, 2.45) is 5.73 Å². The number of halogens is 4. The Morgan fingerprint density at radius 3 is 0.844 bits per heavy atom. The number of carbonyl (C=O) groups excluding carboxylic acids is 8. The van der Waals surface area contributed by atoms with Crippen molar-refractivity contribution in [2.75, 3.05) is 63.2 Å². The standard InChI is InChI=1S/C24H25FN4O3.C23H23FN4O3.C22H21FN4O3.C21H19FN4O3/c1-4-29(2)23(31)24(13-14-24)26-22(30)17-10-12-19-20(21(17)32-3)18(27-28-19)11-7-15-5-8-16(25)9-6-15;1-28(2)22(30)23(12-13-23)25-21(29)16-9-11-18-19(20(16)31-3)17(26-27-18)10-6-14-4-7-15(24)8-5-14;1-24-21(29)22(11-12-22)25-20(28)15-8-10-17-18(19(15)30-2)16(26-27-17)9-5-13-3-6-14(23)7-4-13;1-29-18-14(19(27)24-21(10-11-21)20(23)28)7-9-16-17(18)15(25-26-16)8-4-12-2-5-13(22)6-3-12/h5-12H,4,13-14H2,1-3H3,(H,26,30)(H,27,28);4-11H,12-13H2,1-3H3,(H,25,29)(H,26,27);3-10H,11-12H2,1-2H3,(H,24,29)(H,25,28)(H,26,27);2-9H,10-11H2,1H3,(H2,23,28)(H,24,27)(H,25,26)/b11-7+;10-6+;9-5+;8-4+. The Labute approximate surface area is 696 Å². The average Bonchev–Trinajstić information content (AvgIpc) is 1.61. The van der Waals surface area contributed by atoms with Crippen LogP contribution in [-0.4, -0.2) is 183 Å². The van der Waals surface area contributed by atoms with Crippen LogP contribution in [-0.2, 0) is 19.2 Å². The van der Waals surface area contributed by atoms with Crippen LogP contribution < -0.4 is 51.3 Å². The molecule has 16 rings (SSSR count). The second kappa shape index (κ2) is 35.8. The molecule has 0 spiro atoms. The molecule has 4 saturated carbocycles. The molecule has 0 bridgehead atoms. The first-order valence-corrected chi connectivity index (χ1v) is 38.9. The second-order valence-corrected chi connectivity index (χ2v) is 29.9. The Morgan fingerprint density at radius 2 is 0.623 bits per heavy atom. The Bertz CT molecular complexity index is 6140. The molecule has 8 amide bonds. The van der Waals surface area contributed by atoms with Crippen LogP contribution in [0.25, 0.3) is 92.2 Å². The number of amides is 8. The maximum absolute atomic E-state index is 13.1. The molecule has 122 heavy (non-hydrogen) atoms. The largest absolute Gasteiger partial charge is 0.495 e. The molecular weight excluding hydrogens is 1570 g/mol. The molecule has 0 unspecified atom stereocenters. The fraction of sp³-hybridized carbons (Fsp3) is 0.244. The quantitative estimate of drug-likeness (QED) is 0.0238. The predicted molar refractivity (Wildman–Crippen MR) is 455 cm³/mol. The molecule has 28 nitrogen and oxygen atoms in total. The molecule has 628 valence electrons. The van der Waals surface area contributed by atoms with Gasteiger partial charge >= 0.3 is 0 Å². The first kappa shape index (κ1) is 85.2. The Balaban J connectivity index is 0.000000140. The molecule has 4 heterocycles. The number of methoxy groups -OCH3 is 4. The van der Waals surface area contributed by atoms with E-state index in [1.807, 2.05) is 25.2 Å². The van der Waals surface area contributed by atoms with Gasteiger partial charge in [-0.1, -0.05) is 72.8 Å². The van der Waals surface area contributed by atoms with Gasteiger partial charge in [-0.2, -0.15) is 20.4 Å². The monoisotopic (exact) mass is 1660 g/mol. The van der Waals surface area contributed by atoms with E-state index in [-0.39, 0.29) is 64.3 Å². The summed E-state index contributed by atoms with van der Waals surface area (Å²) in [5.74, 6) is -2.28. The lowest BCUT2D eigenvalue weighted by molar-refractivity contribution is -0.133. The first-order valence-electron chi connectivity index (χ1n) is 38.9. The number of hydrogen-bond acceptors (Lipinski definition) is 16. The van der Waals surface area contributed by atoms with Crippen LogP contribution in [0.1, 0.15) is 145 Å². The lowest BCUT2D eigenvalue weighted by Gasteiger charge is -2.23. The van der Waals surface area contributed by atoms with Gasteiger partial charge in [-0.3, -0.25) is 58.8 Å². The molecule has 0 saturated heterocycles. The smallest absolute Gasteiger partial charge is 0.255 e. The van der Waals surface area contributed by atoms with Crippen LogP contribution in [0.4, 0.5) is 17.6 Å². The van der Waals surface area contributed by atoms with Gasteiger partial charge in [0.1, 0.15) is 68.4 Å². The van der Waals surface area contributed by atoms with Crippen molar-refractivity contribution in [1.82, 2.24) is 77.2 Å². The van der Waals surface area contributed by atoms with Crippen LogP contribution in [0.3, 0.4) is 0 Å². The van der Waals surface area contributed by atoms with Gasteiger partial charge in [0.15, 0.2) is 0 Å². The van der Waals surface area contributed by atoms with E-state index in [1.165, 1.54) is 81.9 Å². The van der Waals surface area contributed by atoms with Crippen LogP contribution in [0, 0.1) is 23.3 Å². The second-order valence-electron chi connectivity index (χ2n) is 29.9. The molecular formula is C90H88F4N16O12. The summed E-state index contributed by atoms with van der Waals surface area (Å²) in [4.78, 5) is 104. The van der Waals surface area contributed by atoms with Gasteiger partial charge < -0.3 is 61.1 Å². The Hall–Kier alpha value is -14.7. The van der Waals surface area contributed by atoms with Crippen molar-refractivity contribution >= 4 is 139 Å². The number of fused-ring (bicyclic) bond motifs is 4. The van der Waals surface area contributed by atoms with Crippen molar-refractivity contribution in [3.05, 3.63) is 236 Å². The van der Waals surface area contributed by atoms with E-state index >= 15 is 0 Å². The summed E-state index contributed by atoms with van der Waals surface area (Å²) in [6.45, 7) is 2.47. The number of H-pyrrole nitrogens is 4. The van der Waals surface area contributed by atoms with E-state index in [1.54, 1.807) is 161 Å². The van der Waals surface area contributed by atoms with Crippen molar-refractivity contribution in [3.63, 3.8) is 0 Å². The van der Waals surface area contributed by atoms with Gasteiger partial charge in [0.05, 0.1) is 117 Å². The summed E-state index contributed by atoms with van der Waals surface area (Å²) in [7, 11) is 12.6. The summed E-state index contributed by atoms with van der Waals surface area (Å²) < 4.78 is 74.7. The van der Waals surface area contributed by atoms with Crippen molar-refractivity contribution in [2.45, 2.75) is 80.4 Å². The van der Waals surface area contributed by atoms with Crippen LogP contribution >= 0.6 is 0 Å². The van der Waals surface area contributed by atoms with E-state index in [0.717, 1.165) is 22.3 Å². The highest BCUT2D eigenvalue weighted by Gasteiger charge is 2.55. The lowest BCUT2D eigenvalue weighted by atomic mass is 10.1. The SMILES string of the molecule is CCN(C)C(=O)C1(NC(=O)c2ccc3n[nH]c(/C=C/c4ccc(F)cc4)c3c2OC)CC1.CNC(=O)C1(NC(=O)c2ccc3n[nH]c(/C=C/c4ccc(F)cc4)c3c2OC)CC1.COc1c(C(=O)NC2(C(=O)N(C)C)CC2)ccc2n[nH]c(/C=C/c3ccc(F)cc3)c12.COc1c(C(=O)NC2(C(N)=O)CC2)ccc2n[nH]c(/C=C/c3ccc(F)cc3)c12. The van der Waals surface area contributed by atoms with Gasteiger partial charge in [-0.15, -0.1) is 0 Å². The zero-order valence-corrected chi connectivity index (χ0v) is 68.0. The molecule has 4 aliphatic rings. The van der Waals surface area contributed by atoms with Crippen molar-refractivity contribution in [3.8, 4) is 23.0 Å². The number of primary amides is 1. The molecule has 32 heteroatoms. The van der Waals surface area contributed by atoms with Crippen molar-refractivity contribution in [1.29, 1.82) is 0 Å². The van der Waals surface area contributed by atoms with Crippen LogP contribution in [0.2, 0.25) is 0 Å². The Kier molecular flexibility index (Phi) is 25.0. The number of nitrogens with one attached hydrogen (secondary N) is 9. The third-order valence-electron chi connectivity index (χ3n) is 21.4. The zero-order valence-electron chi connectivity index (χ0n) is 68.0. The summed E-state index contributed by atoms with van der Waals surface area (Å²) in [6.07, 6.45) is 19.1. The van der Waals surface area contributed by atoms with E-state index in [2.05, 4.69) is 67.4 Å².